The fourth-order valence-corrected chi connectivity index (χ4v) is 4.05. The number of aryl methyl sites for hydroxylation is 1. The van der Waals surface area contributed by atoms with E-state index in [4.69, 9.17) is 9.15 Å². The number of hydrogen-bond acceptors (Lipinski definition) is 3. The van der Waals surface area contributed by atoms with Gasteiger partial charge in [-0.05, 0) is 54.2 Å². The van der Waals surface area contributed by atoms with Gasteiger partial charge in [0.05, 0.1) is 19.6 Å². The van der Waals surface area contributed by atoms with Gasteiger partial charge in [-0.15, -0.1) is 0 Å². The van der Waals surface area contributed by atoms with Gasteiger partial charge in [-0.1, -0.05) is 37.6 Å². The summed E-state index contributed by atoms with van der Waals surface area (Å²) >= 11 is 0. The van der Waals surface area contributed by atoms with Crippen molar-refractivity contribution in [2.45, 2.75) is 46.0 Å². The molecule has 0 saturated carbocycles. The van der Waals surface area contributed by atoms with Crippen molar-refractivity contribution in [1.29, 1.82) is 0 Å². The Labute approximate surface area is 144 Å². The first-order valence-corrected chi connectivity index (χ1v) is 8.73. The van der Waals surface area contributed by atoms with Crippen LogP contribution in [-0.4, -0.2) is 13.1 Å². The van der Waals surface area contributed by atoms with Gasteiger partial charge in [-0.25, -0.2) is 4.79 Å². The van der Waals surface area contributed by atoms with E-state index in [2.05, 4.69) is 19.9 Å². The van der Waals surface area contributed by atoms with Crippen molar-refractivity contribution in [2.75, 3.05) is 7.11 Å². The molecule has 0 radical (unpaired) electrons. The van der Waals surface area contributed by atoms with Crippen molar-refractivity contribution in [3.05, 3.63) is 59.1 Å². The summed E-state index contributed by atoms with van der Waals surface area (Å²) in [5, 5.41) is 0. The van der Waals surface area contributed by atoms with Crippen LogP contribution in [0, 0.1) is 11.3 Å². The van der Waals surface area contributed by atoms with Crippen molar-refractivity contribution in [3.8, 4) is 0 Å². The zero-order chi connectivity index (χ0) is 17.2. The Morgan fingerprint density at radius 2 is 2.29 bits per heavy atom. The molecule has 0 saturated heterocycles. The van der Waals surface area contributed by atoms with E-state index in [1.54, 1.807) is 6.26 Å². The van der Waals surface area contributed by atoms with E-state index in [0.29, 0.717) is 12.3 Å². The van der Waals surface area contributed by atoms with Crippen molar-refractivity contribution in [2.24, 2.45) is 11.3 Å². The largest absolute Gasteiger partial charge is 0.472 e. The Morgan fingerprint density at radius 1 is 1.46 bits per heavy atom. The molecule has 128 valence electrons. The molecule has 1 aromatic heterocycles. The van der Waals surface area contributed by atoms with Crippen LogP contribution in [-0.2, 0) is 16.0 Å². The first kappa shape index (κ1) is 16.8. The maximum absolute atomic E-state index is 11.9. The molecule has 0 aliphatic heterocycles. The van der Waals surface area contributed by atoms with Crippen LogP contribution in [0.4, 0.5) is 0 Å². The lowest BCUT2D eigenvalue weighted by Crippen LogP contribution is -2.32. The lowest BCUT2D eigenvalue weighted by atomic mass is 9.62. The van der Waals surface area contributed by atoms with Crippen LogP contribution < -0.4 is 0 Å². The molecule has 0 amide bonds. The number of carbonyl (C=O) groups excluding carboxylic acids is 1. The van der Waals surface area contributed by atoms with Crippen LogP contribution in [0.2, 0.25) is 0 Å². The normalized spacial score (nSPS) is 26.6. The number of methoxy groups -OCH3 is 1. The van der Waals surface area contributed by atoms with Crippen molar-refractivity contribution in [3.63, 3.8) is 0 Å². The second-order valence-electron chi connectivity index (χ2n) is 7.23. The van der Waals surface area contributed by atoms with Crippen LogP contribution in [0.1, 0.15) is 45.1 Å². The molecule has 1 heterocycles. The van der Waals surface area contributed by atoms with Gasteiger partial charge >= 0.3 is 5.97 Å². The van der Waals surface area contributed by atoms with E-state index in [9.17, 15) is 4.79 Å². The van der Waals surface area contributed by atoms with Crippen LogP contribution in [0.25, 0.3) is 0 Å². The van der Waals surface area contributed by atoms with E-state index < -0.39 is 0 Å². The molecule has 1 aromatic rings. The number of rotatable bonds is 4. The Hall–Kier alpha value is -2.03. The maximum atomic E-state index is 11.9. The molecule has 0 spiro atoms. The van der Waals surface area contributed by atoms with Gasteiger partial charge < -0.3 is 9.15 Å². The molecule has 24 heavy (non-hydrogen) atoms. The third kappa shape index (κ3) is 3.12. The quantitative estimate of drug-likeness (QED) is 0.731. The van der Waals surface area contributed by atoms with E-state index in [1.807, 2.05) is 24.5 Å². The average Bonchev–Trinajstić information content (AvgIpc) is 3.01. The van der Waals surface area contributed by atoms with Crippen LogP contribution in [0.5, 0.6) is 0 Å². The number of ether oxygens (including phenoxy) is 1. The topological polar surface area (TPSA) is 39.4 Å². The number of esters is 1. The van der Waals surface area contributed by atoms with Gasteiger partial charge in [0.2, 0.25) is 0 Å². The van der Waals surface area contributed by atoms with E-state index >= 15 is 0 Å². The Bertz CT molecular complexity index is 691. The van der Waals surface area contributed by atoms with Gasteiger partial charge in [0.1, 0.15) is 0 Å². The number of hydrogen-bond donors (Lipinski definition) is 0. The molecule has 0 aromatic carbocycles. The molecule has 3 nitrogen and oxygen atoms in total. The molecule has 2 aliphatic carbocycles. The van der Waals surface area contributed by atoms with Gasteiger partial charge in [0.25, 0.3) is 0 Å². The smallest absolute Gasteiger partial charge is 0.334 e. The van der Waals surface area contributed by atoms with Gasteiger partial charge in [0, 0.05) is 12.0 Å². The molecule has 3 rings (SSSR count). The molecule has 0 N–H and O–H groups in total. The minimum absolute atomic E-state index is 0.126. The summed E-state index contributed by atoms with van der Waals surface area (Å²) in [5.41, 5.74) is 4.95. The van der Waals surface area contributed by atoms with Crippen LogP contribution in [0.3, 0.4) is 0 Å². The second kappa shape index (κ2) is 6.84. The second-order valence-corrected chi connectivity index (χ2v) is 7.23. The summed E-state index contributed by atoms with van der Waals surface area (Å²) in [6, 6.07) is 2.05. The zero-order valence-corrected chi connectivity index (χ0v) is 14.8. The summed E-state index contributed by atoms with van der Waals surface area (Å²) in [4.78, 5) is 11.9. The van der Waals surface area contributed by atoms with Crippen molar-refractivity contribution >= 4 is 5.97 Å². The summed E-state index contributed by atoms with van der Waals surface area (Å²) in [6.45, 7) is 4.73. The fourth-order valence-electron chi connectivity index (χ4n) is 4.05. The highest BCUT2D eigenvalue weighted by Crippen LogP contribution is 2.50. The van der Waals surface area contributed by atoms with E-state index in [-0.39, 0.29) is 11.4 Å². The highest BCUT2D eigenvalue weighted by Gasteiger charge is 2.39. The average molecular weight is 326 g/mol. The lowest BCUT2D eigenvalue weighted by Gasteiger charge is -2.42. The molecule has 0 bridgehead atoms. The number of carbonyl (C=O) groups is 1. The van der Waals surface area contributed by atoms with Crippen molar-refractivity contribution in [1.82, 2.24) is 0 Å². The first-order chi connectivity index (χ1) is 11.5. The molecular formula is C21H26O3. The monoisotopic (exact) mass is 326 g/mol. The fraction of sp³-hybridized carbons (Fsp3) is 0.476. The molecule has 2 unspecified atom stereocenters. The number of furan rings is 1. The molecular weight excluding hydrogens is 300 g/mol. The summed E-state index contributed by atoms with van der Waals surface area (Å²) in [5.74, 6) is 0.402. The first-order valence-electron chi connectivity index (χ1n) is 8.73. The van der Waals surface area contributed by atoms with Crippen LogP contribution >= 0.6 is 0 Å². The minimum Gasteiger partial charge on any atom is -0.472 e. The molecule has 2 aliphatic rings. The molecule has 3 heteroatoms. The third-order valence-electron chi connectivity index (χ3n) is 5.89. The van der Waals surface area contributed by atoms with Gasteiger partial charge in [-0.3, -0.25) is 0 Å². The summed E-state index contributed by atoms with van der Waals surface area (Å²) in [6.07, 6.45) is 14.8. The highest BCUT2D eigenvalue weighted by atomic mass is 16.5. The number of allylic oxidation sites excluding steroid dienone is 5. The van der Waals surface area contributed by atoms with Crippen LogP contribution in [0.15, 0.2) is 58.0 Å². The minimum atomic E-state index is -0.216. The Kier molecular flexibility index (Phi) is 4.79. The van der Waals surface area contributed by atoms with E-state index in [1.165, 1.54) is 30.2 Å². The highest BCUT2D eigenvalue weighted by molar-refractivity contribution is 5.89. The van der Waals surface area contributed by atoms with E-state index in [0.717, 1.165) is 24.8 Å². The Balaban J connectivity index is 1.87. The van der Waals surface area contributed by atoms with Gasteiger partial charge in [-0.2, -0.15) is 0 Å². The lowest BCUT2D eigenvalue weighted by molar-refractivity contribution is -0.136. The zero-order valence-electron chi connectivity index (χ0n) is 14.8. The predicted molar refractivity (Wildman–Crippen MR) is 94.4 cm³/mol. The standard InChI is InChI=1S/C21H26O3/c1-15-7-8-17-13-18(20(22)23-3)5-4-6-19(17)21(15,2)11-9-16-10-12-24-14-16/h4-6,10,12,14-15H,7-9,11,13H2,1-3H3. The van der Waals surface area contributed by atoms with Gasteiger partial charge in [0.15, 0.2) is 0 Å². The molecule has 0 fully saturated rings. The van der Waals surface area contributed by atoms with Crippen molar-refractivity contribution < 1.29 is 13.9 Å². The summed E-state index contributed by atoms with van der Waals surface area (Å²) in [7, 11) is 1.45. The molecule has 2 atom stereocenters. The Morgan fingerprint density at radius 3 is 3.00 bits per heavy atom. The summed E-state index contributed by atoms with van der Waals surface area (Å²) < 4.78 is 10.1. The maximum Gasteiger partial charge on any atom is 0.334 e. The SMILES string of the molecule is COC(=O)C1=CC=CC2=C(CCC(C)C2(C)CCc2ccoc2)C1. The predicted octanol–water partition coefficient (Wildman–Crippen LogP) is 5.00. The third-order valence-corrected chi connectivity index (χ3v) is 5.89.